The second-order valence-corrected chi connectivity index (χ2v) is 4.95. The lowest BCUT2D eigenvalue weighted by atomic mass is 9.88. The molecule has 1 aliphatic heterocycles. The van der Waals surface area contributed by atoms with Gasteiger partial charge >= 0.3 is 0 Å². The maximum Gasteiger partial charge on any atom is 0.0551 e. The molecule has 1 aromatic carbocycles. The van der Waals surface area contributed by atoms with Gasteiger partial charge in [0.25, 0.3) is 0 Å². The van der Waals surface area contributed by atoms with Crippen molar-refractivity contribution in [2.75, 3.05) is 6.61 Å². The summed E-state index contributed by atoms with van der Waals surface area (Å²) in [4.78, 5) is 0. The third-order valence-corrected chi connectivity index (χ3v) is 3.74. The molecule has 0 radical (unpaired) electrons. The summed E-state index contributed by atoms with van der Waals surface area (Å²) in [5.74, 6) is 0.468. The smallest absolute Gasteiger partial charge is 0.0551 e. The quantitative estimate of drug-likeness (QED) is 0.830. The number of hydrogen-bond donors (Lipinski definition) is 1. The number of aryl methyl sites for hydroxylation is 1. The van der Waals surface area contributed by atoms with Gasteiger partial charge in [-0.2, -0.15) is 0 Å². The molecule has 0 aromatic heterocycles. The molecule has 1 fully saturated rings. The summed E-state index contributed by atoms with van der Waals surface area (Å²) in [6.07, 6.45) is 1.44. The van der Waals surface area contributed by atoms with Crippen molar-refractivity contribution in [3.05, 3.63) is 34.9 Å². The van der Waals surface area contributed by atoms with Gasteiger partial charge in [0, 0.05) is 12.0 Å². The average Bonchev–Trinajstić information content (AvgIpc) is 2.68. The molecule has 0 amide bonds. The molecule has 2 rings (SSSR count). The summed E-state index contributed by atoms with van der Waals surface area (Å²) in [6.45, 7) is 7.22. The Bertz CT molecular complexity index is 375. The van der Waals surface area contributed by atoms with Crippen LogP contribution in [0.2, 0.25) is 0 Å². The zero-order valence-corrected chi connectivity index (χ0v) is 10.4. The van der Waals surface area contributed by atoms with Gasteiger partial charge in [-0.05, 0) is 43.9 Å². The highest BCUT2D eigenvalue weighted by Crippen LogP contribution is 2.31. The van der Waals surface area contributed by atoms with Crippen LogP contribution in [-0.2, 0) is 4.74 Å². The first-order valence-corrected chi connectivity index (χ1v) is 6.03. The van der Waals surface area contributed by atoms with Gasteiger partial charge in [-0.1, -0.05) is 18.2 Å². The Morgan fingerprint density at radius 2 is 2.12 bits per heavy atom. The lowest BCUT2D eigenvalue weighted by Crippen LogP contribution is -2.22. The fourth-order valence-corrected chi connectivity index (χ4v) is 2.49. The van der Waals surface area contributed by atoms with Gasteiger partial charge in [-0.25, -0.2) is 0 Å². The Hall–Kier alpha value is -0.860. The monoisotopic (exact) mass is 219 g/mol. The molecule has 0 saturated carbocycles. The average molecular weight is 219 g/mol. The normalized spacial score (nSPS) is 27.0. The predicted molar refractivity (Wildman–Crippen MR) is 66.4 cm³/mol. The topological polar surface area (TPSA) is 35.2 Å². The molecule has 2 heteroatoms. The molecule has 0 aliphatic carbocycles. The third kappa shape index (κ3) is 2.13. The Labute approximate surface area is 97.8 Å². The lowest BCUT2D eigenvalue weighted by molar-refractivity contribution is 0.118. The van der Waals surface area contributed by atoms with Gasteiger partial charge in [-0.15, -0.1) is 0 Å². The van der Waals surface area contributed by atoms with Crippen molar-refractivity contribution >= 4 is 0 Å². The lowest BCUT2D eigenvalue weighted by Gasteiger charge is -2.21. The standard InChI is InChI=1S/C14H21NO/c1-9-5-4-6-13(11(9)3)14(15)12-7-10(2)16-8-12/h4-6,10,12,14H,7-8,15H2,1-3H3. The van der Waals surface area contributed by atoms with Gasteiger partial charge in [0.1, 0.15) is 0 Å². The fraction of sp³-hybridized carbons (Fsp3) is 0.571. The maximum atomic E-state index is 6.35. The van der Waals surface area contributed by atoms with Crippen LogP contribution in [0.1, 0.15) is 36.1 Å². The van der Waals surface area contributed by atoms with E-state index >= 15 is 0 Å². The molecule has 16 heavy (non-hydrogen) atoms. The largest absolute Gasteiger partial charge is 0.378 e. The van der Waals surface area contributed by atoms with E-state index in [1.807, 2.05) is 0 Å². The summed E-state index contributed by atoms with van der Waals surface area (Å²) in [6, 6.07) is 6.50. The molecule has 1 aliphatic rings. The Morgan fingerprint density at radius 1 is 1.38 bits per heavy atom. The highest BCUT2D eigenvalue weighted by Gasteiger charge is 2.28. The third-order valence-electron chi connectivity index (χ3n) is 3.74. The summed E-state index contributed by atoms with van der Waals surface area (Å²) in [7, 11) is 0. The second kappa shape index (κ2) is 4.56. The minimum Gasteiger partial charge on any atom is -0.378 e. The molecule has 2 N–H and O–H groups in total. The van der Waals surface area contributed by atoms with Gasteiger partial charge in [0.15, 0.2) is 0 Å². The van der Waals surface area contributed by atoms with Crippen molar-refractivity contribution in [3.63, 3.8) is 0 Å². The van der Waals surface area contributed by atoms with Crippen molar-refractivity contribution in [1.29, 1.82) is 0 Å². The van der Waals surface area contributed by atoms with E-state index in [0.717, 1.165) is 13.0 Å². The van der Waals surface area contributed by atoms with Crippen LogP contribution in [0.15, 0.2) is 18.2 Å². The Morgan fingerprint density at radius 3 is 2.75 bits per heavy atom. The van der Waals surface area contributed by atoms with Crippen molar-refractivity contribution < 1.29 is 4.74 Å². The Balaban J connectivity index is 2.20. The molecule has 1 aromatic rings. The molecule has 3 atom stereocenters. The first-order chi connectivity index (χ1) is 7.59. The summed E-state index contributed by atoms with van der Waals surface area (Å²) in [5.41, 5.74) is 10.3. The number of rotatable bonds is 2. The zero-order chi connectivity index (χ0) is 11.7. The van der Waals surface area contributed by atoms with Crippen LogP contribution >= 0.6 is 0 Å². The molecule has 3 unspecified atom stereocenters. The van der Waals surface area contributed by atoms with Crippen molar-refractivity contribution in [2.24, 2.45) is 11.7 Å². The van der Waals surface area contributed by atoms with Crippen LogP contribution < -0.4 is 5.73 Å². The zero-order valence-electron chi connectivity index (χ0n) is 10.4. The highest BCUT2D eigenvalue weighted by molar-refractivity contribution is 5.35. The Kier molecular flexibility index (Phi) is 3.31. The van der Waals surface area contributed by atoms with Gasteiger partial charge < -0.3 is 10.5 Å². The molecule has 0 bridgehead atoms. The van der Waals surface area contributed by atoms with E-state index in [9.17, 15) is 0 Å². The SMILES string of the molecule is Cc1cccc(C(N)C2COC(C)C2)c1C. The minimum absolute atomic E-state index is 0.116. The van der Waals surface area contributed by atoms with Crippen LogP contribution in [-0.4, -0.2) is 12.7 Å². The summed E-state index contributed by atoms with van der Waals surface area (Å²) < 4.78 is 5.60. The van der Waals surface area contributed by atoms with Gasteiger partial charge in [0.05, 0.1) is 12.7 Å². The molecule has 0 spiro atoms. The molecule has 1 heterocycles. The first kappa shape index (κ1) is 11.6. The van der Waals surface area contributed by atoms with E-state index in [0.29, 0.717) is 12.0 Å². The summed E-state index contributed by atoms with van der Waals surface area (Å²) >= 11 is 0. The van der Waals surface area contributed by atoms with Crippen molar-refractivity contribution in [2.45, 2.75) is 39.3 Å². The van der Waals surface area contributed by atoms with E-state index in [-0.39, 0.29) is 6.04 Å². The molecule has 88 valence electrons. The number of benzene rings is 1. The summed E-state index contributed by atoms with van der Waals surface area (Å²) in [5, 5.41) is 0. The van der Waals surface area contributed by atoms with Gasteiger partial charge in [0.2, 0.25) is 0 Å². The van der Waals surface area contributed by atoms with Crippen molar-refractivity contribution in [3.8, 4) is 0 Å². The van der Waals surface area contributed by atoms with Crippen LogP contribution in [0.4, 0.5) is 0 Å². The van der Waals surface area contributed by atoms with Gasteiger partial charge in [-0.3, -0.25) is 0 Å². The fourth-order valence-electron chi connectivity index (χ4n) is 2.49. The van der Waals surface area contributed by atoms with E-state index in [2.05, 4.69) is 39.0 Å². The molecule has 2 nitrogen and oxygen atoms in total. The van der Waals surface area contributed by atoms with Crippen molar-refractivity contribution in [1.82, 2.24) is 0 Å². The van der Waals surface area contributed by atoms with E-state index in [4.69, 9.17) is 10.5 Å². The second-order valence-electron chi connectivity index (χ2n) is 4.95. The van der Waals surface area contributed by atoms with Crippen LogP contribution in [0.25, 0.3) is 0 Å². The minimum atomic E-state index is 0.116. The highest BCUT2D eigenvalue weighted by atomic mass is 16.5. The number of ether oxygens (including phenoxy) is 1. The van der Waals surface area contributed by atoms with E-state index < -0.39 is 0 Å². The van der Waals surface area contributed by atoms with E-state index in [1.54, 1.807) is 0 Å². The van der Waals surface area contributed by atoms with Crippen LogP contribution in [0, 0.1) is 19.8 Å². The van der Waals surface area contributed by atoms with E-state index in [1.165, 1.54) is 16.7 Å². The number of nitrogens with two attached hydrogens (primary N) is 1. The number of hydrogen-bond acceptors (Lipinski definition) is 2. The predicted octanol–water partition coefficient (Wildman–Crippen LogP) is 2.73. The first-order valence-electron chi connectivity index (χ1n) is 6.03. The van der Waals surface area contributed by atoms with Crippen LogP contribution in [0.3, 0.4) is 0 Å². The molecule has 1 saturated heterocycles. The molecular weight excluding hydrogens is 198 g/mol. The molecular formula is C14H21NO. The maximum absolute atomic E-state index is 6.35. The van der Waals surface area contributed by atoms with Crippen LogP contribution in [0.5, 0.6) is 0 Å².